The van der Waals surface area contributed by atoms with Crippen LogP contribution in [-0.2, 0) is 6.54 Å². The molecule has 0 unspecified atom stereocenters. The number of hydrogen-bond donors (Lipinski definition) is 1. The lowest BCUT2D eigenvalue weighted by molar-refractivity contribution is 0.0704. The predicted molar refractivity (Wildman–Crippen MR) is 91.2 cm³/mol. The van der Waals surface area contributed by atoms with Crippen molar-refractivity contribution < 1.29 is 4.79 Å². The number of nitrogens with one attached hydrogen (secondary N) is 1. The van der Waals surface area contributed by atoms with Crippen molar-refractivity contribution in [2.24, 2.45) is 0 Å². The highest BCUT2D eigenvalue weighted by atomic mass is 16.2. The number of aromatic nitrogens is 1. The minimum atomic E-state index is 0.0861. The van der Waals surface area contributed by atoms with Gasteiger partial charge in [0.25, 0.3) is 5.91 Å². The molecule has 2 heterocycles. The van der Waals surface area contributed by atoms with Crippen molar-refractivity contribution in [1.29, 1.82) is 5.26 Å². The van der Waals surface area contributed by atoms with Crippen molar-refractivity contribution in [3.05, 3.63) is 65.5 Å². The highest BCUT2D eigenvalue weighted by Gasteiger charge is 2.23. The van der Waals surface area contributed by atoms with Gasteiger partial charge in [0, 0.05) is 43.6 Å². The number of hydrogen-bond acceptors (Lipinski definition) is 4. The Balaban J connectivity index is 1.46. The summed E-state index contributed by atoms with van der Waals surface area (Å²) >= 11 is 0. The summed E-state index contributed by atoms with van der Waals surface area (Å²) in [5.41, 5.74) is 2.56. The Morgan fingerprint density at radius 1 is 1.17 bits per heavy atom. The number of benzene rings is 1. The molecule has 5 heteroatoms. The van der Waals surface area contributed by atoms with E-state index in [1.54, 1.807) is 24.5 Å². The fourth-order valence-electron chi connectivity index (χ4n) is 2.92. The van der Waals surface area contributed by atoms with E-state index in [-0.39, 0.29) is 5.91 Å². The standard InChI is InChI=1S/C19H20N4O/c20-13-15-1-3-16(4-2-15)14-22-18-7-11-23(12-8-18)19(24)17-5-9-21-10-6-17/h1-6,9-10,18,22H,7-8,11-12,14H2. The van der Waals surface area contributed by atoms with Gasteiger partial charge < -0.3 is 10.2 Å². The van der Waals surface area contributed by atoms with E-state index in [0.29, 0.717) is 17.2 Å². The molecule has 0 atom stereocenters. The molecule has 1 aromatic heterocycles. The van der Waals surface area contributed by atoms with Crippen molar-refractivity contribution in [2.75, 3.05) is 13.1 Å². The van der Waals surface area contributed by atoms with Gasteiger partial charge in [-0.25, -0.2) is 0 Å². The van der Waals surface area contributed by atoms with Crippen molar-refractivity contribution in [3.63, 3.8) is 0 Å². The molecule has 0 aliphatic carbocycles. The van der Waals surface area contributed by atoms with Gasteiger partial charge in [0.2, 0.25) is 0 Å². The van der Waals surface area contributed by atoms with E-state index in [4.69, 9.17) is 5.26 Å². The third-order valence-electron chi connectivity index (χ3n) is 4.39. The second-order valence-corrected chi connectivity index (χ2v) is 5.99. The van der Waals surface area contributed by atoms with E-state index in [9.17, 15) is 4.79 Å². The monoisotopic (exact) mass is 320 g/mol. The van der Waals surface area contributed by atoms with Crippen LogP contribution in [0.25, 0.3) is 0 Å². The van der Waals surface area contributed by atoms with Gasteiger partial charge in [-0.15, -0.1) is 0 Å². The van der Waals surface area contributed by atoms with Crippen LogP contribution in [0.3, 0.4) is 0 Å². The molecular weight excluding hydrogens is 300 g/mol. The van der Waals surface area contributed by atoms with Gasteiger partial charge in [0.1, 0.15) is 0 Å². The van der Waals surface area contributed by atoms with Crippen molar-refractivity contribution in [2.45, 2.75) is 25.4 Å². The van der Waals surface area contributed by atoms with Crippen molar-refractivity contribution in [1.82, 2.24) is 15.2 Å². The van der Waals surface area contributed by atoms with E-state index >= 15 is 0 Å². The Labute approximate surface area is 141 Å². The molecule has 0 saturated carbocycles. The fraction of sp³-hybridized carbons (Fsp3) is 0.316. The molecule has 0 spiro atoms. The van der Waals surface area contributed by atoms with Gasteiger partial charge in [-0.1, -0.05) is 12.1 Å². The smallest absolute Gasteiger partial charge is 0.253 e. The molecule has 1 fully saturated rings. The van der Waals surface area contributed by atoms with Crippen LogP contribution in [0.15, 0.2) is 48.8 Å². The molecule has 1 N–H and O–H groups in total. The van der Waals surface area contributed by atoms with Crippen molar-refractivity contribution in [3.8, 4) is 6.07 Å². The molecule has 0 radical (unpaired) electrons. The van der Waals surface area contributed by atoms with E-state index in [2.05, 4.69) is 16.4 Å². The second kappa shape index (κ2) is 7.71. The van der Waals surface area contributed by atoms with E-state index in [0.717, 1.165) is 32.5 Å². The van der Waals surface area contributed by atoms with E-state index < -0.39 is 0 Å². The van der Waals surface area contributed by atoms with Gasteiger partial charge in [0.05, 0.1) is 11.6 Å². The average molecular weight is 320 g/mol. The van der Waals surface area contributed by atoms with E-state index in [1.165, 1.54) is 5.56 Å². The average Bonchev–Trinajstić information content (AvgIpc) is 2.67. The summed E-state index contributed by atoms with van der Waals surface area (Å²) in [5, 5.41) is 12.4. The number of piperidine rings is 1. The van der Waals surface area contributed by atoms with Gasteiger partial charge in [-0.05, 0) is 42.7 Å². The molecule has 1 aliphatic rings. The van der Waals surface area contributed by atoms with Crippen LogP contribution in [0, 0.1) is 11.3 Å². The Hall–Kier alpha value is -2.71. The molecule has 0 bridgehead atoms. The van der Waals surface area contributed by atoms with E-state index in [1.807, 2.05) is 29.2 Å². The quantitative estimate of drug-likeness (QED) is 0.939. The fourth-order valence-corrected chi connectivity index (χ4v) is 2.92. The Bertz CT molecular complexity index is 713. The molecule has 1 aliphatic heterocycles. The first-order chi connectivity index (χ1) is 11.8. The number of carbonyl (C=O) groups excluding carboxylic acids is 1. The van der Waals surface area contributed by atoms with Crippen LogP contribution in [0.5, 0.6) is 0 Å². The predicted octanol–water partition coefficient (Wildman–Crippen LogP) is 2.35. The molecule has 122 valence electrons. The van der Waals surface area contributed by atoms with Gasteiger partial charge in [-0.2, -0.15) is 5.26 Å². The summed E-state index contributed by atoms with van der Waals surface area (Å²) < 4.78 is 0. The zero-order valence-corrected chi connectivity index (χ0v) is 13.5. The number of amides is 1. The number of pyridine rings is 1. The second-order valence-electron chi connectivity index (χ2n) is 5.99. The van der Waals surface area contributed by atoms with Crippen molar-refractivity contribution >= 4 is 5.91 Å². The number of rotatable bonds is 4. The minimum Gasteiger partial charge on any atom is -0.339 e. The maximum absolute atomic E-state index is 12.4. The first-order valence-electron chi connectivity index (χ1n) is 8.18. The summed E-state index contributed by atoms with van der Waals surface area (Å²) in [6.45, 7) is 2.33. The van der Waals surface area contributed by atoms with Crippen LogP contribution >= 0.6 is 0 Å². The maximum Gasteiger partial charge on any atom is 0.253 e. The summed E-state index contributed by atoms with van der Waals surface area (Å²) in [7, 11) is 0. The summed E-state index contributed by atoms with van der Waals surface area (Å²) in [4.78, 5) is 18.3. The van der Waals surface area contributed by atoms with Crippen LogP contribution < -0.4 is 5.32 Å². The zero-order chi connectivity index (χ0) is 16.8. The highest BCUT2D eigenvalue weighted by Crippen LogP contribution is 2.14. The Morgan fingerprint density at radius 2 is 1.83 bits per heavy atom. The molecule has 5 nitrogen and oxygen atoms in total. The molecule has 1 amide bonds. The van der Waals surface area contributed by atoms with Crippen LogP contribution in [0.4, 0.5) is 0 Å². The molecule has 2 aromatic rings. The highest BCUT2D eigenvalue weighted by molar-refractivity contribution is 5.94. The van der Waals surface area contributed by atoms with Crippen LogP contribution in [0.1, 0.15) is 34.3 Å². The molecule has 24 heavy (non-hydrogen) atoms. The lowest BCUT2D eigenvalue weighted by atomic mass is 10.0. The van der Waals surface area contributed by atoms with Crippen LogP contribution in [-0.4, -0.2) is 34.9 Å². The number of nitrogens with zero attached hydrogens (tertiary/aromatic N) is 3. The summed E-state index contributed by atoms with van der Waals surface area (Å²) in [5.74, 6) is 0.0861. The number of likely N-dealkylation sites (tertiary alicyclic amines) is 1. The molecule has 3 rings (SSSR count). The Morgan fingerprint density at radius 3 is 2.46 bits per heavy atom. The summed E-state index contributed by atoms with van der Waals surface area (Å²) in [6.07, 6.45) is 5.21. The first kappa shape index (κ1) is 16.2. The number of nitriles is 1. The molecular formula is C19H20N4O. The number of carbonyl (C=O) groups is 1. The topological polar surface area (TPSA) is 69.0 Å². The maximum atomic E-state index is 12.4. The first-order valence-corrected chi connectivity index (χ1v) is 8.18. The van der Waals surface area contributed by atoms with Gasteiger partial charge in [-0.3, -0.25) is 9.78 Å². The molecule has 1 aromatic carbocycles. The third kappa shape index (κ3) is 3.98. The third-order valence-corrected chi connectivity index (χ3v) is 4.39. The summed E-state index contributed by atoms with van der Waals surface area (Å²) in [6, 6.07) is 13.7. The van der Waals surface area contributed by atoms with Gasteiger partial charge >= 0.3 is 0 Å². The molecule has 1 saturated heterocycles. The minimum absolute atomic E-state index is 0.0861. The normalized spacial score (nSPS) is 15.0. The lowest BCUT2D eigenvalue weighted by Gasteiger charge is -2.32. The SMILES string of the molecule is N#Cc1ccc(CNC2CCN(C(=O)c3ccncc3)CC2)cc1. The zero-order valence-electron chi connectivity index (χ0n) is 13.5. The lowest BCUT2D eigenvalue weighted by Crippen LogP contribution is -2.44. The van der Waals surface area contributed by atoms with Crippen LogP contribution in [0.2, 0.25) is 0 Å². The van der Waals surface area contributed by atoms with Gasteiger partial charge in [0.15, 0.2) is 0 Å². The Kier molecular flexibility index (Phi) is 5.19. The largest absolute Gasteiger partial charge is 0.339 e.